The summed E-state index contributed by atoms with van der Waals surface area (Å²) >= 11 is 6.37. The van der Waals surface area contributed by atoms with Crippen molar-refractivity contribution in [2.75, 3.05) is 10.8 Å². The van der Waals surface area contributed by atoms with Crippen LogP contribution in [0, 0.1) is 20.8 Å². The zero-order chi connectivity index (χ0) is 33.4. The molecule has 0 radical (unpaired) electrons. The topological polar surface area (TPSA) is 86.8 Å². The predicted molar refractivity (Wildman–Crippen MR) is 185 cm³/mol. The van der Waals surface area contributed by atoms with E-state index in [0.29, 0.717) is 22.7 Å². The number of aryl methyl sites for hydroxylation is 3. The van der Waals surface area contributed by atoms with E-state index in [1.54, 1.807) is 37.3 Å². The summed E-state index contributed by atoms with van der Waals surface area (Å²) in [5.41, 5.74) is 4.59. The molecule has 2 atom stereocenters. The third kappa shape index (κ3) is 8.77. The minimum Gasteiger partial charge on any atom is -0.352 e. The highest BCUT2D eigenvalue weighted by atomic mass is 35.5. The first kappa shape index (κ1) is 34.7. The summed E-state index contributed by atoms with van der Waals surface area (Å²) in [6.07, 6.45) is 0.966. The van der Waals surface area contributed by atoms with E-state index in [9.17, 15) is 18.0 Å². The molecule has 0 aliphatic heterocycles. The summed E-state index contributed by atoms with van der Waals surface area (Å²) in [6.45, 7) is 9.10. The van der Waals surface area contributed by atoms with Gasteiger partial charge in [0.25, 0.3) is 10.0 Å². The Bertz CT molecular complexity index is 1740. The second-order valence-corrected chi connectivity index (χ2v) is 14.1. The quantitative estimate of drug-likeness (QED) is 0.167. The average molecular weight is 660 g/mol. The van der Waals surface area contributed by atoms with Gasteiger partial charge in [0.2, 0.25) is 11.8 Å². The van der Waals surface area contributed by atoms with Crippen molar-refractivity contribution >= 4 is 39.1 Å². The molecular formula is C37H42ClN3O4S. The monoisotopic (exact) mass is 659 g/mol. The van der Waals surface area contributed by atoms with Crippen LogP contribution in [0.15, 0.2) is 102 Å². The van der Waals surface area contributed by atoms with Crippen LogP contribution in [0.3, 0.4) is 0 Å². The number of nitrogens with zero attached hydrogens (tertiary/aromatic N) is 2. The van der Waals surface area contributed by atoms with Crippen LogP contribution in [0.25, 0.3) is 0 Å². The fourth-order valence-electron chi connectivity index (χ4n) is 5.09. The lowest BCUT2D eigenvalue weighted by Gasteiger charge is -2.34. The van der Waals surface area contributed by atoms with E-state index in [2.05, 4.69) is 5.32 Å². The standard InChI is InChI=1S/C37H42ClN3O4S/c1-6-29(5)39-37(43)35(22-30-10-8-7-9-11-30)40(24-31-17-12-26(2)13-18-31)36(42)25-41(34-23-32(38)19-16-28(34)4)46(44,45)33-20-14-27(3)15-21-33/h7-21,23,29,35H,6,22,24-25H2,1-5H3,(H,39,43)/t29-,35+/m1/s1. The molecule has 0 heterocycles. The first-order valence-electron chi connectivity index (χ1n) is 15.4. The van der Waals surface area contributed by atoms with Crippen molar-refractivity contribution in [2.45, 2.75) is 71.0 Å². The van der Waals surface area contributed by atoms with Gasteiger partial charge in [-0.05, 0) is 75.1 Å². The van der Waals surface area contributed by atoms with Crippen LogP contribution in [0.1, 0.15) is 48.1 Å². The molecule has 0 spiro atoms. The van der Waals surface area contributed by atoms with Crippen molar-refractivity contribution in [2.24, 2.45) is 0 Å². The second kappa shape index (κ2) is 15.4. The number of anilines is 1. The fraction of sp³-hybridized carbons (Fsp3) is 0.297. The predicted octanol–water partition coefficient (Wildman–Crippen LogP) is 7.02. The van der Waals surface area contributed by atoms with E-state index in [1.807, 2.05) is 82.3 Å². The van der Waals surface area contributed by atoms with Gasteiger partial charge in [-0.1, -0.05) is 102 Å². The Labute approximate surface area is 278 Å². The Morgan fingerprint density at radius 1 is 0.826 bits per heavy atom. The Balaban J connectivity index is 1.83. The molecule has 0 saturated heterocycles. The number of hydrogen-bond acceptors (Lipinski definition) is 4. The fourth-order valence-corrected chi connectivity index (χ4v) is 6.72. The SMILES string of the molecule is CC[C@@H](C)NC(=O)[C@H](Cc1ccccc1)N(Cc1ccc(C)cc1)C(=O)CN(c1cc(Cl)ccc1C)S(=O)(=O)c1ccc(C)cc1. The summed E-state index contributed by atoms with van der Waals surface area (Å²) < 4.78 is 29.7. The third-order valence-electron chi connectivity index (χ3n) is 8.07. The first-order valence-corrected chi connectivity index (χ1v) is 17.3. The molecule has 7 nitrogen and oxygen atoms in total. The molecule has 0 fully saturated rings. The highest BCUT2D eigenvalue weighted by Gasteiger charge is 2.35. The molecule has 0 bridgehead atoms. The Morgan fingerprint density at radius 3 is 2.04 bits per heavy atom. The molecule has 46 heavy (non-hydrogen) atoms. The minimum absolute atomic E-state index is 0.0470. The van der Waals surface area contributed by atoms with Crippen molar-refractivity contribution < 1.29 is 18.0 Å². The number of rotatable bonds is 13. The number of hydrogen-bond donors (Lipinski definition) is 1. The van der Waals surface area contributed by atoms with Gasteiger partial charge in [-0.25, -0.2) is 8.42 Å². The molecule has 0 saturated carbocycles. The highest BCUT2D eigenvalue weighted by molar-refractivity contribution is 7.92. The van der Waals surface area contributed by atoms with Gasteiger partial charge in [0, 0.05) is 24.0 Å². The van der Waals surface area contributed by atoms with E-state index in [-0.39, 0.29) is 29.8 Å². The lowest BCUT2D eigenvalue weighted by atomic mass is 10.0. The maximum absolute atomic E-state index is 14.6. The summed E-state index contributed by atoms with van der Waals surface area (Å²) in [6, 6.07) is 27.7. The van der Waals surface area contributed by atoms with E-state index >= 15 is 0 Å². The van der Waals surface area contributed by atoms with Crippen LogP contribution in [0.4, 0.5) is 5.69 Å². The average Bonchev–Trinajstić information content (AvgIpc) is 3.04. The smallest absolute Gasteiger partial charge is 0.264 e. The van der Waals surface area contributed by atoms with Crippen LogP contribution in [-0.4, -0.2) is 43.8 Å². The lowest BCUT2D eigenvalue weighted by molar-refractivity contribution is -0.140. The molecule has 0 unspecified atom stereocenters. The molecule has 4 rings (SSSR count). The Hall–Kier alpha value is -4.14. The number of sulfonamides is 1. The van der Waals surface area contributed by atoms with Gasteiger partial charge < -0.3 is 10.2 Å². The molecule has 9 heteroatoms. The third-order valence-corrected chi connectivity index (χ3v) is 10.1. The van der Waals surface area contributed by atoms with E-state index in [0.717, 1.165) is 26.6 Å². The summed E-state index contributed by atoms with van der Waals surface area (Å²) in [5.74, 6) is -0.818. The zero-order valence-electron chi connectivity index (χ0n) is 27.0. The molecule has 0 aliphatic rings. The number of benzene rings is 4. The summed E-state index contributed by atoms with van der Waals surface area (Å²) in [7, 11) is -4.22. The molecular weight excluding hydrogens is 618 g/mol. The van der Waals surface area contributed by atoms with Crippen molar-refractivity contribution in [3.63, 3.8) is 0 Å². The van der Waals surface area contributed by atoms with Gasteiger partial charge in [0.1, 0.15) is 12.6 Å². The van der Waals surface area contributed by atoms with E-state index in [1.165, 1.54) is 17.0 Å². The summed E-state index contributed by atoms with van der Waals surface area (Å²) in [5, 5.41) is 3.40. The van der Waals surface area contributed by atoms with Crippen LogP contribution in [-0.2, 0) is 32.6 Å². The van der Waals surface area contributed by atoms with Gasteiger partial charge >= 0.3 is 0 Å². The van der Waals surface area contributed by atoms with Gasteiger partial charge in [-0.15, -0.1) is 0 Å². The molecule has 4 aromatic carbocycles. The van der Waals surface area contributed by atoms with Crippen molar-refractivity contribution in [3.05, 3.63) is 130 Å². The van der Waals surface area contributed by atoms with Crippen LogP contribution in [0.2, 0.25) is 5.02 Å². The number of carbonyl (C=O) groups is 2. The maximum atomic E-state index is 14.6. The molecule has 0 aliphatic carbocycles. The molecule has 0 aromatic heterocycles. The maximum Gasteiger partial charge on any atom is 0.264 e. The van der Waals surface area contributed by atoms with Crippen molar-refractivity contribution in [3.8, 4) is 0 Å². The number of nitrogens with one attached hydrogen (secondary N) is 1. The molecule has 1 N–H and O–H groups in total. The largest absolute Gasteiger partial charge is 0.352 e. The second-order valence-electron chi connectivity index (χ2n) is 11.8. The summed E-state index contributed by atoms with van der Waals surface area (Å²) in [4.78, 5) is 30.1. The molecule has 242 valence electrons. The van der Waals surface area contributed by atoms with Crippen LogP contribution < -0.4 is 9.62 Å². The Morgan fingerprint density at radius 2 is 1.43 bits per heavy atom. The van der Waals surface area contributed by atoms with Crippen LogP contribution in [0.5, 0.6) is 0 Å². The minimum atomic E-state index is -4.22. The number of carbonyl (C=O) groups excluding carboxylic acids is 2. The number of halogens is 1. The van der Waals surface area contributed by atoms with E-state index in [4.69, 9.17) is 11.6 Å². The van der Waals surface area contributed by atoms with Crippen molar-refractivity contribution in [1.29, 1.82) is 0 Å². The normalized spacial score (nSPS) is 12.7. The molecule has 2 amide bonds. The number of amides is 2. The lowest BCUT2D eigenvalue weighted by Crippen LogP contribution is -2.54. The highest BCUT2D eigenvalue weighted by Crippen LogP contribution is 2.30. The Kier molecular flexibility index (Phi) is 11.7. The zero-order valence-corrected chi connectivity index (χ0v) is 28.6. The molecule has 4 aromatic rings. The van der Waals surface area contributed by atoms with Gasteiger partial charge in [-0.3, -0.25) is 13.9 Å². The van der Waals surface area contributed by atoms with E-state index < -0.39 is 28.5 Å². The van der Waals surface area contributed by atoms with Gasteiger partial charge in [0.05, 0.1) is 10.6 Å². The van der Waals surface area contributed by atoms with Crippen molar-refractivity contribution in [1.82, 2.24) is 10.2 Å². The van der Waals surface area contributed by atoms with Crippen LogP contribution >= 0.6 is 11.6 Å². The van der Waals surface area contributed by atoms with Gasteiger partial charge in [0.15, 0.2) is 0 Å². The first-order chi connectivity index (χ1) is 21.9. The van der Waals surface area contributed by atoms with Gasteiger partial charge in [-0.2, -0.15) is 0 Å².